The molecule has 0 fully saturated rings. The van der Waals surface area contributed by atoms with E-state index in [2.05, 4.69) is 15.0 Å². The van der Waals surface area contributed by atoms with Crippen molar-refractivity contribution in [1.29, 1.82) is 0 Å². The largest absolute Gasteiger partial charge is 0.365 e. The molecule has 0 saturated heterocycles. The van der Waals surface area contributed by atoms with Crippen LogP contribution >= 0.6 is 11.3 Å². The van der Waals surface area contributed by atoms with Crippen LogP contribution < -0.4 is 4.90 Å². The van der Waals surface area contributed by atoms with E-state index in [0.717, 1.165) is 46.9 Å². The van der Waals surface area contributed by atoms with Crippen LogP contribution in [0.5, 0.6) is 0 Å². The average Bonchev–Trinajstić information content (AvgIpc) is 3.18. The van der Waals surface area contributed by atoms with Gasteiger partial charge in [0.15, 0.2) is 11.6 Å². The SMILES string of the molecule is Cn1cc(-c2nc(CN3CCCc4cc(F)c(F)cc43)cs2)cn1. The van der Waals surface area contributed by atoms with Crippen molar-refractivity contribution in [2.75, 3.05) is 11.4 Å². The molecule has 24 heavy (non-hydrogen) atoms. The van der Waals surface area contributed by atoms with Gasteiger partial charge >= 0.3 is 0 Å². The Morgan fingerprint density at radius 2 is 2.08 bits per heavy atom. The van der Waals surface area contributed by atoms with E-state index in [1.807, 2.05) is 18.6 Å². The molecule has 0 radical (unpaired) electrons. The number of thiazole rings is 1. The fourth-order valence-corrected chi connectivity index (χ4v) is 3.84. The van der Waals surface area contributed by atoms with Crippen LogP contribution in [0.1, 0.15) is 17.7 Å². The summed E-state index contributed by atoms with van der Waals surface area (Å²) < 4.78 is 28.8. The summed E-state index contributed by atoms with van der Waals surface area (Å²) in [6, 6.07) is 2.62. The summed E-state index contributed by atoms with van der Waals surface area (Å²) in [5, 5.41) is 7.09. The zero-order valence-corrected chi connectivity index (χ0v) is 14.0. The summed E-state index contributed by atoms with van der Waals surface area (Å²) in [6.07, 6.45) is 5.42. The normalized spacial score (nSPS) is 14.0. The predicted molar refractivity (Wildman–Crippen MR) is 90.0 cm³/mol. The molecule has 1 aromatic carbocycles. The molecule has 3 heterocycles. The van der Waals surface area contributed by atoms with E-state index in [0.29, 0.717) is 6.54 Å². The molecule has 7 heteroatoms. The van der Waals surface area contributed by atoms with Gasteiger partial charge in [-0.1, -0.05) is 0 Å². The molecule has 1 aliphatic rings. The third-order valence-electron chi connectivity index (χ3n) is 4.19. The van der Waals surface area contributed by atoms with Gasteiger partial charge in [0.1, 0.15) is 5.01 Å². The first-order valence-electron chi connectivity index (χ1n) is 7.76. The smallest absolute Gasteiger partial charge is 0.160 e. The van der Waals surface area contributed by atoms with Crippen molar-refractivity contribution < 1.29 is 8.78 Å². The van der Waals surface area contributed by atoms with Gasteiger partial charge in [0.05, 0.1) is 18.4 Å². The quantitative estimate of drug-likeness (QED) is 0.724. The molecule has 1 aliphatic heterocycles. The Labute approximate surface area is 142 Å². The lowest BCUT2D eigenvalue weighted by atomic mass is 10.0. The van der Waals surface area contributed by atoms with E-state index in [4.69, 9.17) is 0 Å². The van der Waals surface area contributed by atoms with Gasteiger partial charge in [-0.05, 0) is 24.5 Å². The van der Waals surface area contributed by atoms with Crippen LogP contribution in [0.4, 0.5) is 14.5 Å². The van der Waals surface area contributed by atoms with Gasteiger partial charge in [-0.2, -0.15) is 5.10 Å². The van der Waals surface area contributed by atoms with E-state index in [9.17, 15) is 8.78 Å². The summed E-state index contributed by atoms with van der Waals surface area (Å²) in [6.45, 7) is 1.41. The van der Waals surface area contributed by atoms with Gasteiger partial charge in [-0.15, -0.1) is 11.3 Å². The molecule has 124 valence electrons. The second-order valence-electron chi connectivity index (χ2n) is 5.97. The van der Waals surface area contributed by atoms with Crippen LogP contribution in [-0.4, -0.2) is 21.3 Å². The van der Waals surface area contributed by atoms with Crippen molar-refractivity contribution in [2.24, 2.45) is 7.05 Å². The lowest BCUT2D eigenvalue weighted by molar-refractivity contribution is 0.504. The Morgan fingerprint density at radius 3 is 2.88 bits per heavy atom. The zero-order chi connectivity index (χ0) is 16.7. The van der Waals surface area contributed by atoms with Gasteiger partial charge in [0.25, 0.3) is 0 Å². The van der Waals surface area contributed by atoms with E-state index >= 15 is 0 Å². The number of benzene rings is 1. The predicted octanol–water partition coefficient (Wildman–Crippen LogP) is 3.77. The summed E-state index contributed by atoms with van der Waals surface area (Å²) in [7, 11) is 1.87. The first-order valence-corrected chi connectivity index (χ1v) is 8.64. The van der Waals surface area contributed by atoms with Crippen molar-refractivity contribution >= 4 is 17.0 Å². The van der Waals surface area contributed by atoms with Gasteiger partial charge < -0.3 is 4.90 Å². The highest BCUT2D eigenvalue weighted by Gasteiger charge is 2.21. The molecule has 0 N–H and O–H groups in total. The fraction of sp³-hybridized carbons (Fsp3) is 0.294. The van der Waals surface area contributed by atoms with Gasteiger partial charge in [-0.25, -0.2) is 13.8 Å². The fourth-order valence-electron chi connectivity index (χ4n) is 3.06. The first kappa shape index (κ1) is 15.3. The second-order valence-corrected chi connectivity index (χ2v) is 6.82. The second kappa shape index (κ2) is 5.98. The lowest BCUT2D eigenvalue weighted by Gasteiger charge is -2.30. The van der Waals surface area contributed by atoms with Gasteiger partial charge in [-0.3, -0.25) is 4.68 Å². The van der Waals surface area contributed by atoms with Crippen LogP contribution in [0.15, 0.2) is 29.9 Å². The Kier molecular flexibility index (Phi) is 3.80. The average molecular weight is 346 g/mol. The number of anilines is 1. The maximum atomic E-state index is 13.6. The van der Waals surface area contributed by atoms with E-state index in [1.54, 1.807) is 22.2 Å². The van der Waals surface area contributed by atoms with Gasteiger partial charge in [0.2, 0.25) is 0 Å². The van der Waals surface area contributed by atoms with Crippen LogP contribution in [0.2, 0.25) is 0 Å². The number of hydrogen-bond donors (Lipinski definition) is 0. The van der Waals surface area contributed by atoms with Crippen molar-refractivity contribution in [1.82, 2.24) is 14.8 Å². The molecule has 0 aliphatic carbocycles. The molecule has 0 saturated carbocycles. The number of aryl methyl sites for hydroxylation is 2. The number of halogens is 2. The number of nitrogens with zero attached hydrogens (tertiary/aromatic N) is 4. The molecule has 4 nitrogen and oxygen atoms in total. The minimum absolute atomic E-state index is 0.592. The molecule has 3 aromatic rings. The van der Waals surface area contributed by atoms with E-state index in [-0.39, 0.29) is 0 Å². The summed E-state index contributed by atoms with van der Waals surface area (Å²) in [5.41, 5.74) is 3.55. The highest BCUT2D eigenvalue weighted by Crippen LogP contribution is 2.31. The van der Waals surface area contributed by atoms with E-state index in [1.165, 1.54) is 12.1 Å². The van der Waals surface area contributed by atoms with Crippen LogP contribution in [-0.2, 0) is 20.0 Å². The van der Waals surface area contributed by atoms with E-state index < -0.39 is 11.6 Å². The van der Waals surface area contributed by atoms with Crippen molar-refractivity contribution in [3.63, 3.8) is 0 Å². The van der Waals surface area contributed by atoms with Crippen molar-refractivity contribution in [3.05, 3.63) is 52.8 Å². The Balaban J connectivity index is 1.59. The Bertz CT molecular complexity index is 887. The van der Waals surface area contributed by atoms with Crippen molar-refractivity contribution in [2.45, 2.75) is 19.4 Å². The first-order chi connectivity index (χ1) is 11.6. The molecule has 0 atom stereocenters. The zero-order valence-electron chi connectivity index (χ0n) is 13.2. The van der Waals surface area contributed by atoms with Crippen LogP contribution in [0.3, 0.4) is 0 Å². The molecule has 4 rings (SSSR count). The number of rotatable bonds is 3. The minimum Gasteiger partial charge on any atom is -0.365 e. The standard InChI is InChI=1S/C17H16F2N4S/c1-22-8-12(7-20-22)17-21-13(10-24-17)9-23-4-2-3-11-5-14(18)15(19)6-16(11)23/h5-8,10H,2-4,9H2,1H3. The molecular weight excluding hydrogens is 330 g/mol. The summed E-state index contributed by atoms with van der Waals surface area (Å²) >= 11 is 1.57. The molecular formula is C17H16F2N4S. The Hall–Kier alpha value is -2.28. The topological polar surface area (TPSA) is 34.0 Å². The monoisotopic (exact) mass is 346 g/mol. The number of hydrogen-bond acceptors (Lipinski definition) is 4. The van der Waals surface area contributed by atoms with Gasteiger partial charge in [0, 0.05) is 42.5 Å². The maximum Gasteiger partial charge on any atom is 0.160 e. The molecule has 0 unspecified atom stereocenters. The number of fused-ring (bicyclic) bond motifs is 1. The summed E-state index contributed by atoms with van der Waals surface area (Å²) in [4.78, 5) is 6.73. The number of aromatic nitrogens is 3. The van der Waals surface area contributed by atoms with Crippen LogP contribution in [0, 0.1) is 11.6 Å². The highest BCUT2D eigenvalue weighted by atomic mass is 32.1. The molecule has 2 aromatic heterocycles. The molecule has 0 bridgehead atoms. The maximum absolute atomic E-state index is 13.6. The van der Waals surface area contributed by atoms with Crippen LogP contribution in [0.25, 0.3) is 10.6 Å². The lowest BCUT2D eigenvalue weighted by Crippen LogP contribution is -2.29. The third kappa shape index (κ3) is 2.80. The molecule has 0 amide bonds. The summed E-state index contributed by atoms with van der Waals surface area (Å²) in [5.74, 6) is -1.57. The minimum atomic E-state index is -0.796. The highest BCUT2D eigenvalue weighted by molar-refractivity contribution is 7.13. The Morgan fingerprint density at radius 1 is 1.25 bits per heavy atom. The third-order valence-corrected chi connectivity index (χ3v) is 5.13. The van der Waals surface area contributed by atoms with Crippen molar-refractivity contribution in [3.8, 4) is 10.6 Å². The molecule has 0 spiro atoms.